The molecule has 4 saturated heterocycles. The molecule has 1 aromatic carbocycles. The van der Waals surface area contributed by atoms with Crippen molar-refractivity contribution in [2.24, 2.45) is 23.7 Å². The second-order valence-electron chi connectivity index (χ2n) is 10.2. The summed E-state index contributed by atoms with van der Waals surface area (Å²) in [6.07, 6.45) is 4.82. The second kappa shape index (κ2) is 9.16. The summed E-state index contributed by atoms with van der Waals surface area (Å²) in [5, 5.41) is 0. The van der Waals surface area contributed by atoms with Crippen LogP contribution in [0.3, 0.4) is 0 Å². The first-order valence-electron chi connectivity index (χ1n) is 12.1. The molecule has 1 aliphatic carbocycles. The second-order valence-corrected chi connectivity index (χ2v) is 11.4. The van der Waals surface area contributed by atoms with Crippen molar-refractivity contribution >= 4 is 11.8 Å². The van der Waals surface area contributed by atoms with Crippen LogP contribution in [0.15, 0.2) is 24.3 Å². The van der Waals surface area contributed by atoms with E-state index >= 15 is 0 Å². The number of thioether (sulfide) groups is 1. The maximum absolute atomic E-state index is 13.0. The van der Waals surface area contributed by atoms with Gasteiger partial charge in [0.15, 0.2) is 11.9 Å². The van der Waals surface area contributed by atoms with E-state index in [-0.39, 0.29) is 17.5 Å². The molecule has 1 saturated carbocycles. The van der Waals surface area contributed by atoms with Crippen LogP contribution in [0, 0.1) is 29.5 Å². The van der Waals surface area contributed by atoms with E-state index in [4.69, 9.17) is 24.0 Å². The lowest BCUT2D eigenvalue weighted by atomic mass is 9.58. The zero-order valence-electron chi connectivity index (χ0n) is 19.3. The molecule has 1 aromatic rings. The first-order valence-corrected chi connectivity index (χ1v) is 13.1. The molecule has 0 unspecified atom stereocenters. The fraction of sp³-hybridized carbons (Fsp3) is 0.760. The van der Waals surface area contributed by atoms with Crippen molar-refractivity contribution in [1.29, 1.82) is 0 Å². The van der Waals surface area contributed by atoms with E-state index in [1.165, 1.54) is 18.6 Å². The van der Waals surface area contributed by atoms with Crippen LogP contribution in [0.25, 0.3) is 0 Å². The molecule has 0 N–H and O–H groups in total. The van der Waals surface area contributed by atoms with E-state index in [9.17, 15) is 4.39 Å². The zero-order valence-corrected chi connectivity index (χ0v) is 20.1. The molecule has 1 spiro atoms. The van der Waals surface area contributed by atoms with Crippen molar-refractivity contribution in [3.63, 3.8) is 0 Å². The molecule has 0 amide bonds. The molecule has 5 aliphatic rings. The third kappa shape index (κ3) is 4.14. The maximum atomic E-state index is 13.0. The van der Waals surface area contributed by atoms with Gasteiger partial charge in [0.1, 0.15) is 11.3 Å². The van der Waals surface area contributed by atoms with Gasteiger partial charge in [-0.2, -0.15) is 0 Å². The summed E-state index contributed by atoms with van der Waals surface area (Å²) in [6, 6.07) is 6.47. The highest BCUT2D eigenvalue weighted by Crippen LogP contribution is 2.61. The minimum atomic E-state index is -0.721. The first kappa shape index (κ1) is 23.1. The normalized spacial score (nSPS) is 43.0. The standard InChI is InChI=1S/C25H35FO5S/c1-16-5-10-21-17(2)22(32-14-4-13-27-15-18-6-8-19(26)9-7-18)28-23-25(21)20(16)11-12-24(3,29-23)30-31-25/h6-9,16-17,20-23H,4-5,10-15H2,1-3H3/t16-,17-,20+,21+,22+,23-,24+,25-/m1/s1. The van der Waals surface area contributed by atoms with E-state index in [1.54, 1.807) is 12.1 Å². The van der Waals surface area contributed by atoms with Crippen LogP contribution in [-0.4, -0.2) is 35.5 Å². The SMILES string of the molecule is C[C@H]1[C@H](SCCCOCc2ccc(F)cc2)O[C@@H]2O[C@]3(C)CC[C@H]4[C@H](C)CC[C@@H]1[C@@]24OO3. The van der Waals surface area contributed by atoms with Crippen molar-refractivity contribution in [2.75, 3.05) is 12.4 Å². The lowest BCUT2D eigenvalue weighted by Gasteiger charge is -2.60. The molecule has 4 aliphatic heterocycles. The summed E-state index contributed by atoms with van der Waals surface area (Å²) in [7, 11) is 0. The topological polar surface area (TPSA) is 46.2 Å². The first-order chi connectivity index (χ1) is 15.4. The molecule has 5 fully saturated rings. The predicted octanol–water partition coefficient (Wildman–Crippen LogP) is 5.67. The van der Waals surface area contributed by atoms with Gasteiger partial charge in [-0.25, -0.2) is 14.2 Å². The number of hydrogen-bond acceptors (Lipinski definition) is 6. The van der Waals surface area contributed by atoms with Crippen molar-refractivity contribution < 1.29 is 28.4 Å². The smallest absolute Gasteiger partial charge is 0.201 e. The lowest BCUT2D eigenvalue weighted by Crippen LogP contribution is -2.70. The highest BCUT2D eigenvalue weighted by atomic mass is 32.2. The van der Waals surface area contributed by atoms with E-state index in [0.29, 0.717) is 36.9 Å². The van der Waals surface area contributed by atoms with Gasteiger partial charge in [-0.15, -0.1) is 11.8 Å². The molecular weight excluding hydrogens is 431 g/mol. The summed E-state index contributed by atoms with van der Waals surface area (Å²) in [5.74, 6) is 1.74. The van der Waals surface area contributed by atoms with Crippen LogP contribution in [0.5, 0.6) is 0 Å². The monoisotopic (exact) mass is 466 g/mol. The Morgan fingerprint density at radius 1 is 1.09 bits per heavy atom. The third-order valence-electron chi connectivity index (χ3n) is 7.99. The van der Waals surface area contributed by atoms with Gasteiger partial charge >= 0.3 is 0 Å². The van der Waals surface area contributed by atoms with Gasteiger partial charge in [0, 0.05) is 18.9 Å². The summed E-state index contributed by atoms with van der Waals surface area (Å²) in [4.78, 5) is 12.1. The van der Waals surface area contributed by atoms with Crippen LogP contribution in [0.2, 0.25) is 0 Å². The Hall–Kier alpha value is -0.700. The van der Waals surface area contributed by atoms with Gasteiger partial charge < -0.3 is 14.2 Å². The molecule has 178 valence electrons. The fourth-order valence-corrected chi connectivity index (χ4v) is 7.38. The number of halogens is 1. The Bertz CT molecular complexity index is 793. The Kier molecular flexibility index (Phi) is 6.60. The fourth-order valence-electron chi connectivity index (χ4n) is 6.19. The number of ether oxygens (including phenoxy) is 3. The van der Waals surface area contributed by atoms with Crippen molar-refractivity contribution in [1.82, 2.24) is 0 Å². The summed E-state index contributed by atoms with van der Waals surface area (Å²) >= 11 is 1.86. The summed E-state index contributed by atoms with van der Waals surface area (Å²) in [5.41, 5.74) is 0.585. The van der Waals surface area contributed by atoms with E-state index < -0.39 is 11.4 Å². The largest absolute Gasteiger partial charge is 0.377 e. The average Bonchev–Trinajstić information content (AvgIpc) is 3.01. The maximum Gasteiger partial charge on any atom is 0.201 e. The number of benzene rings is 1. The predicted molar refractivity (Wildman–Crippen MR) is 120 cm³/mol. The van der Waals surface area contributed by atoms with Crippen LogP contribution in [-0.2, 0) is 30.6 Å². The number of hydrogen-bond donors (Lipinski definition) is 0. The van der Waals surface area contributed by atoms with Gasteiger partial charge in [-0.1, -0.05) is 26.0 Å². The van der Waals surface area contributed by atoms with Crippen LogP contribution in [0.4, 0.5) is 4.39 Å². The van der Waals surface area contributed by atoms with Crippen molar-refractivity contribution in [3.05, 3.63) is 35.6 Å². The van der Waals surface area contributed by atoms with E-state index in [2.05, 4.69) is 13.8 Å². The lowest BCUT2D eigenvalue weighted by molar-refractivity contribution is -0.568. The highest BCUT2D eigenvalue weighted by Gasteiger charge is 2.69. The highest BCUT2D eigenvalue weighted by molar-refractivity contribution is 7.99. The molecule has 0 radical (unpaired) electrons. The van der Waals surface area contributed by atoms with Crippen LogP contribution in [0.1, 0.15) is 58.4 Å². The molecule has 6 rings (SSSR count). The Morgan fingerprint density at radius 3 is 2.72 bits per heavy atom. The van der Waals surface area contributed by atoms with Crippen molar-refractivity contribution in [2.45, 2.75) is 82.6 Å². The molecule has 7 heteroatoms. The quantitative estimate of drug-likeness (QED) is 0.381. The van der Waals surface area contributed by atoms with Crippen LogP contribution < -0.4 is 0 Å². The number of rotatable bonds is 7. The minimum Gasteiger partial charge on any atom is -0.377 e. The minimum absolute atomic E-state index is 0.0772. The van der Waals surface area contributed by atoms with Gasteiger partial charge in [0.05, 0.1) is 6.61 Å². The molecule has 4 heterocycles. The third-order valence-corrected chi connectivity index (χ3v) is 9.39. The van der Waals surface area contributed by atoms with Gasteiger partial charge in [-0.3, -0.25) is 0 Å². The van der Waals surface area contributed by atoms with Gasteiger partial charge in [0.2, 0.25) is 5.79 Å². The molecule has 2 bridgehead atoms. The summed E-state index contributed by atoms with van der Waals surface area (Å²) in [6.45, 7) is 7.80. The Morgan fingerprint density at radius 2 is 1.91 bits per heavy atom. The average molecular weight is 467 g/mol. The van der Waals surface area contributed by atoms with Crippen LogP contribution >= 0.6 is 11.8 Å². The molecule has 5 nitrogen and oxygen atoms in total. The summed E-state index contributed by atoms with van der Waals surface area (Å²) < 4.78 is 31.8. The van der Waals surface area contributed by atoms with Gasteiger partial charge in [0.25, 0.3) is 0 Å². The molecule has 8 atom stereocenters. The Balaban J connectivity index is 1.17. The van der Waals surface area contributed by atoms with E-state index in [1.807, 2.05) is 18.7 Å². The number of fused-ring (bicyclic) bond motifs is 2. The molecule has 32 heavy (non-hydrogen) atoms. The zero-order chi connectivity index (χ0) is 22.3. The molecular formula is C25H35FO5S. The van der Waals surface area contributed by atoms with Gasteiger partial charge in [-0.05, 0) is 73.8 Å². The Labute approximate surface area is 194 Å². The van der Waals surface area contributed by atoms with E-state index in [0.717, 1.165) is 37.0 Å². The van der Waals surface area contributed by atoms with Crippen molar-refractivity contribution in [3.8, 4) is 0 Å². The molecule has 0 aromatic heterocycles.